The van der Waals surface area contributed by atoms with E-state index in [-0.39, 0.29) is 18.2 Å². The molecule has 2 N–H and O–H groups in total. The van der Waals surface area contributed by atoms with E-state index in [1.165, 1.54) is 6.20 Å². The van der Waals surface area contributed by atoms with E-state index in [9.17, 15) is 10.1 Å². The first-order valence-corrected chi connectivity index (χ1v) is 7.90. The summed E-state index contributed by atoms with van der Waals surface area (Å²) in [5.41, 5.74) is 3.52. The largest absolute Gasteiger partial charge is 0.383 e. The van der Waals surface area contributed by atoms with E-state index in [4.69, 9.17) is 4.74 Å². The zero-order chi connectivity index (χ0) is 18.4. The van der Waals surface area contributed by atoms with Crippen molar-refractivity contribution in [2.75, 3.05) is 13.7 Å². The predicted octanol–water partition coefficient (Wildman–Crippen LogP) is 1.65. The molecule has 8 heteroatoms. The first kappa shape index (κ1) is 18.4. The summed E-state index contributed by atoms with van der Waals surface area (Å²) in [6.07, 6.45) is 3.12. The summed E-state index contributed by atoms with van der Waals surface area (Å²) < 4.78 is 7.36. The molecule has 0 aliphatic rings. The number of nitrogens with one attached hydrogen (secondary N) is 2. The summed E-state index contributed by atoms with van der Waals surface area (Å²) >= 11 is 0. The molecule has 0 unspecified atom stereocenters. The number of aryl methyl sites for hydroxylation is 1. The van der Waals surface area contributed by atoms with E-state index in [0.717, 1.165) is 17.0 Å². The number of nitriles is 1. The van der Waals surface area contributed by atoms with Gasteiger partial charge < -0.3 is 14.6 Å². The monoisotopic (exact) mass is 342 g/mol. The van der Waals surface area contributed by atoms with Crippen molar-refractivity contribution < 1.29 is 9.53 Å². The summed E-state index contributed by atoms with van der Waals surface area (Å²) in [6.45, 7) is 6.81. The van der Waals surface area contributed by atoms with Crippen LogP contribution in [0, 0.1) is 25.2 Å². The molecular formula is C17H22N6O2. The Bertz CT molecular complexity index is 798. The number of aromatic nitrogens is 4. The Kier molecular flexibility index (Phi) is 6.08. The lowest BCUT2D eigenvalue weighted by Crippen LogP contribution is -2.24. The van der Waals surface area contributed by atoms with Crippen LogP contribution in [-0.2, 0) is 16.1 Å². The number of methoxy groups -OCH3 is 1. The number of aromatic amines is 1. The summed E-state index contributed by atoms with van der Waals surface area (Å²) in [7, 11) is 1.67. The summed E-state index contributed by atoms with van der Waals surface area (Å²) in [4.78, 5) is 12.2. The fourth-order valence-electron chi connectivity index (χ4n) is 2.82. The van der Waals surface area contributed by atoms with Gasteiger partial charge in [0.2, 0.25) is 0 Å². The number of hydrogen-bond donors (Lipinski definition) is 2. The second kappa shape index (κ2) is 8.26. The van der Waals surface area contributed by atoms with Gasteiger partial charge in [-0.2, -0.15) is 20.7 Å². The number of carbonyl (C=O) groups excluding carboxylic acids is 1. The van der Waals surface area contributed by atoms with E-state index in [2.05, 4.69) is 32.2 Å². The third-order valence-corrected chi connectivity index (χ3v) is 3.93. The van der Waals surface area contributed by atoms with Crippen LogP contribution in [0.15, 0.2) is 17.8 Å². The minimum atomic E-state index is -0.444. The molecule has 25 heavy (non-hydrogen) atoms. The highest BCUT2D eigenvalue weighted by Gasteiger charge is 2.15. The molecule has 1 atom stereocenters. The molecule has 0 saturated heterocycles. The highest BCUT2D eigenvalue weighted by Crippen LogP contribution is 2.22. The molecule has 0 aromatic carbocycles. The molecule has 0 saturated carbocycles. The smallest absolute Gasteiger partial charge is 0.262 e. The van der Waals surface area contributed by atoms with Gasteiger partial charge in [-0.15, -0.1) is 0 Å². The molecule has 132 valence electrons. The number of amides is 1. The van der Waals surface area contributed by atoms with Crippen LogP contribution in [0.3, 0.4) is 0 Å². The first-order chi connectivity index (χ1) is 12.0. The molecule has 2 aromatic rings. The van der Waals surface area contributed by atoms with Crippen molar-refractivity contribution in [2.24, 2.45) is 0 Å². The van der Waals surface area contributed by atoms with Gasteiger partial charge in [0.05, 0.1) is 25.4 Å². The average molecular weight is 342 g/mol. The van der Waals surface area contributed by atoms with Crippen LogP contribution in [0.25, 0.3) is 6.08 Å². The van der Waals surface area contributed by atoms with Crippen LogP contribution < -0.4 is 5.32 Å². The van der Waals surface area contributed by atoms with Crippen LogP contribution in [0.4, 0.5) is 0 Å². The van der Waals surface area contributed by atoms with Gasteiger partial charge in [-0.25, -0.2) is 0 Å². The average Bonchev–Trinajstić information content (AvgIpc) is 3.18. The number of nitrogens with zero attached hydrogens (tertiary/aromatic N) is 4. The molecule has 0 bridgehead atoms. The molecule has 0 spiro atoms. The molecule has 0 aliphatic heterocycles. The molecule has 0 aliphatic carbocycles. The molecule has 8 nitrogen and oxygen atoms in total. The Morgan fingerprint density at radius 2 is 2.32 bits per heavy atom. The molecule has 1 amide bonds. The quantitative estimate of drug-likeness (QED) is 0.587. The van der Waals surface area contributed by atoms with Gasteiger partial charge in [-0.3, -0.25) is 4.79 Å². The van der Waals surface area contributed by atoms with Gasteiger partial charge >= 0.3 is 0 Å². The van der Waals surface area contributed by atoms with Crippen LogP contribution in [-0.4, -0.2) is 39.6 Å². The molecular weight excluding hydrogens is 320 g/mol. The van der Waals surface area contributed by atoms with Crippen molar-refractivity contribution >= 4 is 12.0 Å². The Morgan fingerprint density at radius 1 is 1.56 bits per heavy atom. The normalized spacial score (nSPS) is 12.7. The van der Waals surface area contributed by atoms with E-state index >= 15 is 0 Å². The lowest BCUT2D eigenvalue weighted by Gasteiger charge is -2.17. The maximum Gasteiger partial charge on any atom is 0.262 e. The highest BCUT2D eigenvalue weighted by molar-refractivity contribution is 6.01. The van der Waals surface area contributed by atoms with Crippen LogP contribution >= 0.6 is 0 Å². The fourth-order valence-corrected chi connectivity index (χ4v) is 2.82. The number of rotatable bonds is 7. The van der Waals surface area contributed by atoms with Gasteiger partial charge in [-0.1, -0.05) is 0 Å². The van der Waals surface area contributed by atoms with Crippen molar-refractivity contribution in [3.63, 3.8) is 0 Å². The Labute approximate surface area is 146 Å². The van der Waals surface area contributed by atoms with Crippen LogP contribution in [0.2, 0.25) is 0 Å². The maximum absolute atomic E-state index is 12.2. The molecule has 0 fully saturated rings. The topological polar surface area (TPSA) is 109 Å². The van der Waals surface area contributed by atoms with Gasteiger partial charge in [0.25, 0.3) is 5.91 Å². The minimum absolute atomic E-state index is 0.0446. The zero-order valence-electron chi connectivity index (χ0n) is 14.8. The third kappa shape index (κ3) is 4.33. The van der Waals surface area contributed by atoms with Crippen molar-refractivity contribution in [3.05, 3.63) is 40.5 Å². The number of carbonyl (C=O) groups is 1. The second-order valence-electron chi connectivity index (χ2n) is 5.81. The Hall–Kier alpha value is -2.92. The van der Waals surface area contributed by atoms with Crippen molar-refractivity contribution in [1.29, 1.82) is 5.26 Å². The Balaban J connectivity index is 2.20. The fraction of sp³-hybridized carbons (Fsp3) is 0.412. The van der Waals surface area contributed by atoms with E-state index in [1.54, 1.807) is 13.2 Å². The maximum atomic E-state index is 12.2. The van der Waals surface area contributed by atoms with Gasteiger partial charge in [0.15, 0.2) is 0 Å². The van der Waals surface area contributed by atoms with Crippen LogP contribution in [0.1, 0.15) is 35.6 Å². The van der Waals surface area contributed by atoms with E-state index in [0.29, 0.717) is 12.3 Å². The number of ether oxygens (including phenoxy) is 1. The van der Waals surface area contributed by atoms with E-state index < -0.39 is 5.91 Å². The van der Waals surface area contributed by atoms with Gasteiger partial charge in [0.1, 0.15) is 17.3 Å². The van der Waals surface area contributed by atoms with Gasteiger partial charge in [-0.05, 0) is 38.5 Å². The van der Waals surface area contributed by atoms with Crippen molar-refractivity contribution in [2.45, 2.75) is 33.4 Å². The van der Waals surface area contributed by atoms with Gasteiger partial charge in [0, 0.05) is 18.5 Å². The van der Waals surface area contributed by atoms with Crippen LogP contribution in [0.5, 0.6) is 0 Å². The highest BCUT2D eigenvalue weighted by atomic mass is 16.5. The van der Waals surface area contributed by atoms with E-state index in [1.807, 2.05) is 26.0 Å². The minimum Gasteiger partial charge on any atom is -0.383 e. The summed E-state index contributed by atoms with van der Waals surface area (Å²) in [5, 5.41) is 22.0. The summed E-state index contributed by atoms with van der Waals surface area (Å²) in [6, 6.07) is 4.09. The molecule has 2 heterocycles. The first-order valence-electron chi connectivity index (χ1n) is 7.90. The number of hydrogen-bond acceptors (Lipinski definition) is 5. The summed E-state index contributed by atoms with van der Waals surface area (Å²) in [5.74, 6) is -0.444. The standard InChI is InChI=1S/C17H22N6O2/c1-11-5-14(13(3)23(11)12(2)10-25-4)6-15(7-18)17(24)19-8-16-9-20-22-21-16/h5-6,9,12H,8,10H2,1-4H3,(H,19,24)(H,20,21,22)/b15-6+/t12-/m0/s1. The predicted molar refractivity (Wildman–Crippen MR) is 92.3 cm³/mol. The number of H-pyrrole nitrogens is 1. The second-order valence-corrected chi connectivity index (χ2v) is 5.81. The zero-order valence-corrected chi connectivity index (χ0v) is 14.8. The lowest BCUT2D eigenvalue weighted by molar-refractivity contribution is -0.117. The molecule has 2 rings (SSSR count). The SMILES string of the molecule is COC[C@H](C)n1c(C)cc(/C=C(\C#N)C(=O)NCc2cn[nH]n2)c1C. The Morgan fingerprint density at radius 3 is 2.92 bits per heavy atom. The molecule has 2 aromatic heterocycles. The van der Waals surface area contributed by atoms with Crippen molar-refractivity contribution in [3.8, 4) is 6.07 Å². The molecule has 0 radical (unpaired) electrons. The lowest BCUT2D eigenvalue weighted by atomic mass is 10.1. The van der Waals surface area contributed by atoms with Crippen molar-refractivity contribution in [1.82, 2.24) is 25.3 Å². The third-order valence-electron chi connectivity index (χ3n) is 3.93.